The summed E-state index contributed by atoms with van der Waals surface area (Å²) in [6, 6.07) is 55.8. The first-order chi connectivity index (χ1) is 26.2. The number of rotatable bonds is 6. The Kier molecular flexibility index (Phi) is 7.36. The molecule has 6 heteroatoms. The molecule has 0 bridgehead atoms. The van der Waals surface area contributed by atoms with Gasteiger partial charge in [-0.2, -0.15) is 0 Å². The minimum absolute atomic E-state index is 0.617. The lowest BCUT2D eigenvalue weighted by Gasteiger charge is -2.10. The molecule has 4 aromatic heterocycles. The third kappa shape index (κ3) is 5.69. The molecule has 53 heavy (non-hydrogen) atoms. The van der Waals surface area contributed by atoms with Gasteiger partial charge in [-0.3, -0.25) is 9.97 Å². The minimum Gasteiger partial charge on any atom is -0.454 e. The van der Waals surface area contributed by atoms with Crippen LogP contribution >= 0.6 is 0 Å². The molecule has 0 atom stereocenters. The summed E-state index contributed by atoms with van der Waals surface area (Å²) in [7, 11) is 0. The summed E-state index contributed by atoms with van der Waals surface area (Å²) in [5, 5.41) is 2.98. The molecule has 6 aromatic carbocycles. The van der Waals surface area contributed by atoms with E-state index < -0.39 is 0 Å². The summed E-state index contributed by atoms with van der Waals surface area (Å²) in [6.45, 7) is 0. The lowest BCUT2D eigenvalue weighted by molar-refractivity contribution is 0.670. The van der Waals surface area contributed by atoms with E-state index in [0.717, 1.165) is 77.5 Å². The zero-order chi connectivity index (χ0) is 35.1. The molecule has 10 aromatic rings. The molecule has 248 valence electrons. The summed E-state index contributed by atoms with van der Waals surface area (Å²) in [6.07, 6.45) is 3.70. The van der Waals surface area contributed by atoms with E-state index in [9.17, 15) is 0 Å². The summed E-state index contributed by atoms with van der Waals surface area (Å²) in [5.41, 5.74) is 11.6. The number of fused-ring (bicyclic) bond motifs is 5. The fraction of sp³-hybridized carbons (Fsp3) is 0. The molecule has 0 spiro atoms. The zero-order valence-corrected chi connectivity index (χ0v) is 28.4. The Morgan fingerprint density at radius 1 is 0.340 bits per heavy atom. The van der Waals surface area contributed by atoms with Crippen molar-refractivity contribution >= 4 is 32.8 Å². The topological polar surface area (TPSA) is 77.6 Å². The highest BCUT2D eigenvalue weighted by atomic mass is 16.3. The van der Waals surface area contributed by atoms with Gasteiger partial charge >= 0.3 is 0 Å². The minimum atomic E-state index is 0.617. The molecule has 10 rings (SSSR count). The predicted molar refractivity (Wildman–Crippen MR) is 213 cm³/mol. The van der Waals surface area contributed by atoms with E-state index in [1.54, 1.807) is 6.20 Å². The van der Waals surface area contributed by atoms with Crippen LogP contribution in [0, 0.1) is 0 Å². The van der Waals surface area contributed by atoms with Crippen molar-refractivity contribution in [1.29, 1.82) is 0 Å². The van der Waals surface area contributed by atoms with Crippen molar-refractivity contribution in [2.45, 2.75) is 0 Å². The SMILES string of the molecule is c1ccc(-c2ccc(-c3nc(-c4ccccc4)nc(-c4cccc(-c5ccc(-c6cc7c(cn6)oc6c8ccccc8ncc76)cc5)c4)n3)cc2)cc1. The standard InChI is InChI=1S/C47H29N5O/c1-3-10-30(11-4-1)31-20-24-35(25-21-31)46-50-45(34-12-5-2-6-13-34)51-47(52-46)37-15-9-14-36(26-37)32-18-22-33(23-19-32)42-27-39-40-28-48-41-17-8-7-16-38(41)44(40)53-43(39)29-49-42/h1-29H. The fourth-order valence-corrected chi connectivity index (χ4v) is 6.88. The van der Waals surface area contributed by atoms with E-state index in [1.165, 1.54) is 5.56 Å². The van der Waals surface area contributed by atoms with Crippen molar-refractivity contribution < 1.29 is 4.42 Å². The Morgan fingerprint density at radius 3 is 1.60 bits per heavy atom. The van der Waals surface area contributed by atoms with Crippen LogP contribution in [0.5, 0.6) is 0 Å². The molecule has 0 unspecified atom stereocenters. The average molecular weight is 680 g/mol. The molecule has 6 nitrogen and oxygen atoms in total. The van der Waals surface area contributed by atoms with E-state index >= 15 is 0 Å². The van der Waals surface area contributed by atoms with Crippen LogP contribution < -0.4 is 0 Å². The van der Waals surface area contributed by atoms with E-state index in [1.807, 2.05) is 66.9 Å². The Morgan fingerprint density at radius 2 is 0.868 bits per heavy atom. The molecule has 0 aliphatic heterocycles. The van der Waals surface area contributed by atoms with Gasteiger partial charge in [-0.15, -0.1) is 0 Å². The molecule has 0 fully saturated rings. The number of hydrogen-bond acceptors (Lipinski definition) is 6. The molecule has 0 aliphatic rings. The summed E-state index contributed by atoms with van der Waals surface area (Å²) in [5.74, 6) is 1.87. The Labute approximate surface area is 305 Å². The maximum Gasteiger partial charge on any atom is 0.164 e. The second-order valence-electron chi connectivity index (χ2n) is 13.0. The van der Waals surface area contributed by atoms with Crippen LogP contribution in [0.2, 0.25) is 0 Å². The van der Waals surface area contributed by atoms with E-state index in [4.69, 9.17) is 24.4 Å². The first kappa shape index (κ1) is 30.5. The highest BCUT2D eigenvalue weighted by Crippen LogP contribution is 2.35. The Balaban J connectivity index is 0.987. The quantitative estimate of drug-likeness (QED) is 0.174. The Bertz CT molecular complexity index is 2920. The maximum absolute atomic E-state index is 6.25. The van der Waals surface area contributed by atoms with Gasteiger partial charge in [0.05, 0.1) is 17.4 Å². The predicted octanol–water partition coefficient (Wildman–Crippen LogP) is 11.7. The van der Waals surface area contributed by atoms with E-state index in [0.29, 0.717) is 17.5 Å². The van der Waals surface area contributed by atoms with Gasteiger partial charge in [0.15, 0.2) is 23.1 Å². The van der Waals surface area contributed by atoms with Gasteiger partial charge < -0.3 is 4.42 Å². The number of aromatic nitrogens is 5. The van der Waals surface area contributed by atoms with Crippen molar-refractivity contribution in [2.24, 2.45) is 0 Å². The zero-order valence-electron chi connectivity index (χ0n) is 28.4. The van der Waals surface area contributed by atoms with Crippen molar-refractivity contribution in [3.05, 3.63) is 176 Å². The third-order valence-corrected chi connectivity index (χ3v) is 9.65. The largest absolute Gasteiger partial charge is 0.454 e. The van der Waals surface area contributed by atoms with Gasteiger partial charge in [0, 0.05) is 44.6 Å². The molecule has 0 saturated carbocycles. The van der Waals surface area contributed by atoms with Crippen molar-refractivity contribution in [3.63, 3.8) is 0 Å². The van der Waals surface area contributed by atoms with Crippen LogP contribution in [0.4, 0.5) is 0 Å². The molecule has 0 saturated heterocycles. The van der Waals surface area contributed by atoms with Crippen LogP contribution in [0.15, 0.2) is 181 Å². The number of hydrogen-bond donors (Lipinski definition) is 0. The maximum atomic E-state index is 6.25. The first-order valence-electron chi connectivity index (χ1n) is 17.5. The molecular formula is C47H29N5O. The highest BCUT2D eigenvalue weighted by molar-refractivity contribution is 6.14. The fourth-order valence-electron chi connectivity index (χ4n) is 6.88. The van der Waals surface area contributed by atoms with Crippen LogP contribution in [-0.4, -0.2) is 24.9 Å². The summed E-state index contributed by atoms with van der Waals surface area (Å²) < 4.78 is 6.25. The molecule has 0 amide bonds. The number of pyridine rings is 2. The monoisotopic (exact) mass is 679 g/mol. The van der Waals surface area contributed by atoms with Crippen molar-refractivity contribution in [1.82, 2.24) is 24.9 Å². The summed E-state index contributed by atoms with van der Waals surface area (Å²) >= 11 is 0. The summed E-state index contributed by atoms with van der Waals surface area (Å²) in [4.78, 5) is 24.3. The third-order valence-electron chi connectivity index (χ3n) is 9.65. The van der Waals surface area contributed by atoms with Crippen LogP contribution in [0.1, 0.15) is 0 Å². The van der Waals surface area contributed by atoms with Gasteiger partial charge in [-0.25, -0.2) is 15.0 Å². The van der Waals surface area contributed by atoms with E-state index in [-0.39, 0.29) is 0 Å². The van der Waals surface area contributed by atoms with Gasteiger partial charge in [-0.05, 0) is 46.5 Å². The number of nitrogens with zero attached hydrogens (tertiary/aromatic N) is 5. The first-order valence-corrected chi connectivity index (χ1v) is 17.5. The van der Waals surface area contributed by atoms with Crippen LogP contribution in [0.25, 0.3) is 101 Å². The number of benzene rings is 6. The second-order valence-corrected chi connectivity index (χ2v) is 13.0. The van der Waals surface area contributed by atoms with Gasteiger partial charge in [0.1, 0.15) is 5.58 Å². The lowest BCUT2D eigenvalue weighted by atomic mass is 10.00. The lowest BCUT2D eigenvalue weighted by Crippen LogP contribution is -2.00. The van der Waals surface area contributed by atoms with Gasteiger partial charge in [0.25, 0.3) is 0 Å². The average Bonchev–Trinajstić information content (AvgIpc) is 3.63. The molecule has 0 radical (unpaired) electrons. The number of para-hydroxylation sites is 1. The van der Waals surface area contributed by atoms with Crippen LogP contribution in [-0.2, 0) is 0 Å². The van der Waals surface area contributed by atoms with Gasteiger partial charge in [0.2, 0.25) is 0 Å². The molecular weight excluding hydrogens is 651 g/mol. The van der Waals surface area contributed by atoms with Crippen molar-refractivity contribution in [3.8, 4) is 67.7 Å². The van der Waals surface area contributed by atoms with Gasteiger partial charge in [-0.1, -0.05) is 140 Å². The Hall–Kier alpha value is -7.31. The van der Waals surface area contributed by atoms with Crippen LogP contribution in [0.3, 0.4) is 0 Å². The normalized spacial score (nSPS) is 11.4. The molecule has 4 heterocycles. The van der Waals surface area contributed by atoms with E-state index in [2.05, 4.69) is 108 Å². The molecule has 0 N–H and O–H groups in total. The molecule has 0 aliphatic carbocycles. The highest BCUT2D eigenvalue weighted by Gasteiger charge is 2.15. The number of furan rings is 1. The smallest absolute Gasteiger partial charge is 0.164 e. The van der Waals surface area contributed by atoms with Crippen molar-refractivity contribution in [2.75, 3.05) is 0 Å². The second kappa shape index (κ2) is 12.8.